The van der Waals surface area contributed by atoms with Crippen LogP contribution < -0.4 is 5.32 Å². The van der Waals surface area contributed by atoms with E-state index >= 15 is 0 Å². The Labute approximate surface area is 174 Å². The second-order valence-corrected chi connectivity index (χ2v) is 7.76. The van der Waals surface area contributed by atoms with Gasteiger partial charge in [0.25, 0.3) is 12.3 Å². The quantitative estimate of drug-likeness (QED) is 0.443. The fourth-order valence-corrected chi connectivity index (χ4v) is 3.71. The Morgan fingerprint density at radius 1 is 1.19 bits per heavy atom. The first-order chi connectivity index (χ1) is 14.8. The highest BCUT2D eigenvalue weighted by atomic mass is 19.3. The predicted octanol–water partition coefficient (Wildman–Crippen LogP) is 4.17. The van der Waals surface area contributed by atoms with Gasteiger partial charge < -0.3 is 9.88 Å². The summed E-state index contributed by atoms with van der Waals surface area (Å²) in [4.78, 5) is 12.7. The van der Waals surface area contributed by atoms with Crippen molar-refractivity contribution in [2.24, 2.45) is 5.92 Å². The molecule has 1 fully saturated rings. The number of alkyl halides is 4. The number of rotatable bonds is 7. The Kier molecular flexibility index (Phi) is 4.56. The van der Waals surface area contributed by atoms with E-state index in [1.54, 1.807) is 31.5 Å². The highest BCUT2D eigenvalue weighted by molar-refractivity contribution is 5.85. The number of imidazole rings is 1. The summed E-state index contributed by atoms with van der Waals surface area (Å²) in [6, 6.07) is 3.54. The average molecular weight is 433 g/mol. The number of nitrogens with zero attached hydrogens (tertiary/aromatic N) is 6. The average Bonchev–Trinajstić information content (AvgIpc) is 3.45. The Morgan fingerprint density at radius 2 is 2.00 bits per heavy atom. The van der Waals surface area contributed by atoms with Gasteiger partial charge in [-0.25, -0.2) is 37.0 Å². The molecule has 1 N–H and O–H groups in total. The molecule has 1 aliphatic carbocycles. The number of anilines is 1. The molecule has 1 aliphatic rings. The Bertz CT molecular complexity index is 1260. The Morgan fingerprint density at radius 3 is 2.74 bits per heavy atom. The molecule has 0 radical (unpaired) electrons. The van der Waals surface area contributed by atoms with Crippen LogP contribution in [-0.4, -0.2) is 48.0 Å². The number of fused-ring (bicyclic) bond motifs is 2. The first-order valence-corrected chi connectivity index (χ1v) is 9.89. The van der Waals surface area contributed by atoms with Crippen LogP contribution in [0.3, 0.4) is 0 Å². The molecule has 1 saturated carbocycles. The van der Waals surface area contributed by atoms with Crippen LogP contribution in [0.4, 0.5) is 23.5 Å². The molecule has 0 aromatic carbocycles. The third kappa shape index (κ3) is 3.68. The van der Waals surface area contributed by atoms with Crippen LogP contribution in [0, 0.1) is 12.8 Å². The van der Waals surface area contributed by atoms with Crippen molar-refractivity contribution < 1.29 is 17.6 Å². The number of pyridine rings is 1. The van der Waals surface area contributed by atoms with Crippen LogP contribution >= 0.6 is 0 Å². The predicted molar refractivity (Wildman–Crippen MR) is 106 cm³/mol. The first kappa shape index (κ1) is 19.7. The summed E-state index contributed by atoms with van der Waals surface area (Å²) in [5.41, 5.74) is 2.97. The molecule has 7 nitrogen and oxygen atoms in total. The van der Waals surface area contributed by atoms with Crippen molar-refractivity contribution in [3.8, 4) is 11.1 Å². The molecule has 0 amide bonds. The minimum Gasteiger partial charge on any atom is -0.347 e. The van der Waals surface area contributed by atoms with Crippen molar-refractivity contribution in [3.05, 3.63) is 36.5 Å². The van der Waals surface area contributed by atoms with Crippen LogP contribution in [-0.2, 0) is 6.54 Å². The normalized spacial score (nSPS) is 14.8. The van der Waals surface area contributed by atoms with Crippen LogP contribution in [0.25, 0.3) is 27.8 Å². The number of nitrogens with one attached hydrogen (secondary N) is 1. The highest BCUT2D eigenvalue weighted by Crippen LogP contribution is 2.43. The molecule has 0 saturated heterocycles. The largest absolute Gasteiger partial charge is 0.347 e. The van der Waals surface area contributed by atoms with Gasteiger partial charge in [-0.05, 0) is 31.9 Å². The van der Waals surface area contributed by atoms with E-state index in [9.17, 15) is 17.6 Å². The molecular formula is C20H19F4N7. The van der Waals surface area contributed by atoms with Gasteiger partial charge in [-0.3, -0.25) is 0 Å². The van der Waals surface area contributed by atoms with Gasteiger partial charge in [0, 0.05) is 29.4 Å². The fraction of sp³-hybridized carbons (Fsp3) is 0.400. The molecule has 0 atom stereocenters. The van der Waals surface area contributed by atoms with E-state index in [-0.39, 0.29) is 5.95 Å². The molecule has 31 heavy (non-hydrogen) atoms. The standard InChI is InChI=1S/C20H19F4N7/c1-11-28-18-15(30(11)9-17(21)22)6-12(7-25-18)14-4-5-31-16(14)8-26-19(29-31)27-10-20(23,24)13-2-3-13/h4-8,13,17H,2-3,9-10H2,1H3,(H,27,29). The van der Waals surface area contributed by atoms with Gasteiger partial charge in [-0.2, -0.15) is 0 Å². The van der Waals surface area contributed by atoms with Gasteiger partial charge in [0.1, 0.15) is 5.82 Å². The summed E-state index contributed by atoms with van der Waals surface area (Å²) in [6.07, 6.45) is 3.41. The van der Waals surface area contributed by atoms with E-state index in [1.165, 1.54) is 15.3 Å². The molecule has 4 heterocycles. The Balaban J connectivity index is 1.45. The topological polar surface area (TPSA) is 72.9 Å². The first-order valence-electron chi connectivity index (χ1n) is 9.89. The fourth-order valence-electron chi connectivity index (χ4n) is 3.71. The van der Waals surface area contributed by atoms with Crippen molar-refractivity contribution in [2.45, 2.75) is 38.7 Å². The summed E-state index contributed by atoms with van der Waals surface area (Å²) >= 11 is 0. The third-order valence-electron chi connectivity index (χ3n) is 5.50. The van der Waals surface area contributed by atoms with Crippen LogP contribution in [0.15, 0.2) is 30.7 Å². The lowest BCUT2D eigenvalue weighted by atomic mass is 10.1. The summed E-state index contributed by atoms with van der Waals surface area (Å²) < 4.78 is 56.7. The maximum absolute atomic E-state index is 13.9. The second kappa shape index (κ2) is 7.17. The smallest absolute Gasteiger partial charge is 0.267 e. The van der Waals surface area contributed by atoms with E-state index in [2.05, 4.69) is 25.4 Å². The van der Waals surface area contributed by atoms with E-state index < -0.39 is 31.4 Å². The van der Waals surface area contributed by atoms with Crippen LogP contribution in [0.2, 0.25) is 0 Å². The second-order valence-electron chi connectivity index (χ2n) is 7.76. The van der Waals surface area contributed by atoms with Gasteiger partial charge in [0.15, 0.2) is 5.65 Å². The minimum absolute atomic E-state index is 0.106. The van der Waals surface area contributed by atoms with Gasteiger partial charge in [0.05, 0.1) is 30.3 Å². The lowest BCUT2D eigenvalue weighted by Crippen LogP contribution is -2.30. The zero-order valence-electron chi connectivity index (χ0n) is 16.6. The molecule has 5 rings (SSSR count). The van der Waals surface area contributed by atoms with E-state index in [1.807, 2.05) is 0 Å². The van der Waals surface area contributed by atoms with Gasteiger partial charge in [-0.15, -0.1) is 5.10 Å². The highest BCUT2D eigenvalue weighted by Gasteiger charge is 2.46. The monoisotopic (exact) mass is 433 g/mol. The summed E-state index contributed by atoms with van der Waals surface area (Å²) in [5, 5.41) is 6.86. The zero-order valence-corrected chi connectivity index (χ0v) is 16.6. The lowest BCUT2D eigenvalue weighted by Gasteiger charge is -2.15. The Hall–Kier alpha value is -3.24. The van der Waals surface area contributed by atoms with Gasteiger partial charge in [0.2, 0.25) is 5.95 Å². The molecular weight excluding hydrogens is 414 g/mol. The maximum atomic E-state index is 13.9. The van der Waals surface area contributed by atoms with Crippen LogP contribution in [0.5, 0.6) is 0 Å². The molecule has 0 aliphatic heterocycles. The van der Waals surface area contributed by atoms with Crippen molar-refractivity contribution in [1.82, 2.24) is 29.1 Å². The number of aromatic nitrogens is 6. The lowest BCUT2D eigenvalue weighted by molar-refractivity contribution is -0.00834. The van der Waals surface area contributed by atoms with Crippen LogP contribution in [0.1, 0.15) is 18.7 Å². The minimum atomic E-state index is -2.78. The van der Waals surface area contributed by atoms with Gasteiger partial charge >= 0.3 is 0 Å². The molecule has 0 spiro atoms. The number of aryl methyl sites for hydroxylation is 1. The van der Waals surface area contributed by atoms with Gasteiger partial charge in [-0.1, -0.05) is 0 Å². The zero-order chi connectivity index (χ0) is 21.8. The summed E-state index contributed by atoms with van der Waals surface area (Å²) in [6.45, 7) is 0.686. The number of hydrogen-bond donors (Lipinski definition) is 1. The SMILES string of the molecule is Cc1nc2ncc(-c3ccn4nc(NCC(F)(F)C5CC5)ncc34)cc2n1CC(F)F. The molecule has 4 aromatic rings. The van der Waals surface area contributed by atoms with Crippen molar-refractivity contribution >= 4 is 22.6 Å². The summed E-state index contributed by atoms with van der Waals surface area (Å²) in [7, 11) is 0. The van der Waals surface area contributed by atoms with Crippen molar-refractivity contribution in [1.29, 1.82) is 0 Å². The molecule has 162 valence electrons. The van der Waals surface area contributed by atoms with Crippen molar-refractivity contribution in [2.75, 3.05) is 11.9 Å². The number of hydrogen-bond acceptors (Lipinski definition) is 5. The van der Waals surface area contributed by atoms with E-state index in [0.29, 0.717) is 40.9 Å². The van der Waals surface area contributed by atoms with Crippen molar-refractivity contribution in [3.63, 3.8) is 0 Å². The summed E-state index contributed by atoms with van der Waals surface area (Å²) in [5.74, 6) is -2.77. The maximum Gasteiger partial charge on any atom is 0.267 e. The third-order valence-corrected chi connectivity index (χ3v) is 5.50. The number of halogens is 4. The van der Waals surface area contributed by atoms with E-state index in [4.69, 9.17) is 0 Å². The molecule has 0 bridgehead atoms. The van der Waals surface area contributed by atoms with E-state index in [0.717, 1.165) is 5.56 Å². The molecule has 11 heteroatoms. The molecule has 0 unspecified atom stereocenters. The molecule has 4 aromatic heterocycles.